The maximum atomic E-state index is 11.8. The molecule has 1 aliphatic heterocycles. The lowest BCUT2D eigenvalue weighted by molar-refractivity contribution is 0.0118. The topological polar surface area (TPSA) is 115 Å². The Morgan fingerprint density at radius 1 is 1.12 bits per heavy atom. The molecule has 2 aliphatic carbocycles. The number of halogens is 1. The SMILES string of the molecule is CCCC1CCC(Cn2c(N3CCOCC34CCC4)nc3nc(-c4noc(=O)[nH]4)nc(-c4cccc(Cl)c4)c32)CC1. The van der Waals surface area contributed by atoms with Crippen LogP contribution in [-0.2, 0) is 11.3 Å². The zero-order valence-electron chi connectivity index (χ0n) is 23.4. The average molecular weight is 578 g/mol. The van der Waals surface area contributed by atoms with Crippen LogP contribution in [-0.4, -0.2) is 55.0 Å². The normalized spacial score (nSPS) is 22.3. The van der Waals surface area contributed by atoms with Crippen molar-refractivity contribution in [3.63, 3.8) is 0 Å². The number of hydrogen-bond donors (Lipinski definition) is 1. The van der Waals surface area contributed by atoms with E-state index >= 15 is 0 Å². The number of morpholine rings is 1. The Morgan fingerprint density at radius 2 is 1.95 bits per heavy atom. The standard InChI is InChI=1S/C30H36ClN7O3/c1-2-5-19-8-10-20(11-9-19)17-37-24-23(21-6-3-7-22(31)16-21)32-26(27-35-29(39)41-36-27)33-25(24)34-28(37)38-14-15-40-18-30(38)12-4-13-30/h3,6-7,16,19-20H,2,4-5,8-15,17-18H2,1H3,(H,35,36,39). The molecule has 3 aliphatic rings. The van der Waals surface area contributed by atoms with Gasteiger partial charge in [0.25, 0.3) is 0 Å². The Labute approximate surface area is 243 Å². The summed E-state index contributed by atoms with van der Waals surface area (Å²) in [5.74, 6) is 2.10. The van der Waals surface area contributed by atoms with E-state index < -0.39 is 5.76 Å². The zero-order valence-corrected chi connectivity index (χ0v) is 24.2. The van der Waals surface area contributed by atoms with Crippen LogP contribution in [0.2, 0.25) is 5.02 Å². The van der Waals surface area contributed by atoms with E-state index in [1.54, 1.807) is 0 Å². The van der Waals surface area contributed by atoms with Gasteiger partial charge in [0, 0.05) is 23.7 Å². The van der Waals surface area contributed by atoms with Crippen molar-refractivity contribution < 1.29 is 9.26 Å². The van der Waals surface area contributed by atoms with Gasteiger partial charge in [0.1, 0.15) is 11.2 Å². The molecule has 10 nitrogen and oxygen atoms in total. The van der Waals surface area contributed by atoms with Gasteiger partial charge >= 0.3 is 5.76 Å². The highest BCUT2D eigenvalue weighted by atomic mass is 35.5. The van der Waals surface area contributed by atoms with Crippen LogP contribution in [0.25, 0.3) is 34.1 Å². The highest BCUT2D eigenvalue weighted by Crippen LogP contribution is 2.44. The highest BCUT2D eigenvalue weighted by Gasteiger charge is 2.47. The van der Waals surface area contributed by atoms with Gasteiger partial charge in [-0.1, -0.05) is 61.5 Å². The van der Waals surface area contributed by atoms with E-state index in [1.165, 1.54) is 44.9 Å². The quantitative estimate of drug-likeness (QED) is 0.290. The van der Waals surface area contributed by atoms with Crippen molar-refractivity contribution in [3.05, 3.63) is 39.8 Å². The minimum atomic E-state index is -0.655. The zero-order chi connectivity index (χ0) is 28.0. The molecule has 41 heavy (non-hydrogen) atoms. The van der Waals surface area contributed by atoms with Crippen LogP contribution < -0.4 is 10.7 Å². The Hall–Kier alpha value is -3.24. The smallest absolute Gasteiger partial charge is 0.377 e. The molecule has 2 saturated carbocycles. The lowest BCUT2D eigenvalue weighted by atomic mass is 9.75. The molecule has 1 aromatic carbocycles. The first-order valence-electron chi connectivity index (χ1n) is 15.0. The molecule has 1 spiro atoms. The van der Waals surface area contributed by atoms with E-state index in [4.69, 9.17) is 35.8 Å². The molecule has 3 fully saturated rings. The number of nitrogens with zero attached hydrogens (tertiary/aromatic N) is 6. The molecule has 216 valence electrons. The van der Waals surface area contributed by atoms with E-state index in [9.17, 15) is 4.79 Å². The van der Waals surface area contributed by atoms with Crippen LogP contribution in [0.4, 0.5) is 5.95 Å². The predicted octanol–water partition coefficient (Wildman–Crippen LogP) is 5.86. The molecule has 1 saturated heterocycles. The van der Waals surface area contributed by atoms with Crippen LogP contribution in [0.15, 0.2) is 33.6 Å². The monoisotopic (exact) mass is 577 g/mol. The molecular weight excluding hydrogens is 542 g/mol. The van der Waals surface area contributed by atoms with E-state index in [2.05, 4.69) is 26.5 Å². The molecule has 0 unspecified atom stereocenters. The second-order valence-corrected chi connectivity index (χ2v) is 12.4. The molecule has 1 N–H and O–H groups in total. The summed E-state index contributed by atoms with van der Waals surface area (Å²) >= 11 is 6.47. The molecule has 0 atom stereocenters. The van der Waals surface area contributed by atoms with Crippen molar-refractivity contribution in [1.29, 1.82) is 0 Å². The van der Waals surface area contributed by atoms with Crippen molar-refractivity contribution in [2.45, 2.75) is 76.8 Å². The summed E-state index contributed by atoms with van der Waals surface area (Å²) in [5, 5.41) is 4.49. The van der Waals surface area contributed by atoms with Crippen LogP contribution >= 0.6 is 11.6 Å². The summed E-state index contributed by atoms with van der Waals surface area (Å²) in [4.78, 5) is 31.9. The molecule has 0 bridgehead atoms. The average Bonchev–Trinajstić information content (AvgIpc) is 3.56. The molecule has 0 radical (unpaired) electrons. The van der Waals surface area contributed by atoms with Crippen molar-refractivity contribution in [2.75, 3.05) is 24.7 Å². The van der Waals surface area contributed by atoms with Crippen LogP contribution in [0.5, 0.6) is 0 Å². The highest BCUT2D eigenvalue weighted by molar-refractivity contribution is 6.30. The Morgan fingerprint density at radius 3 is 2.66 bits per heavy atom. The third kappa shape index (κ3) is 4.95. The number of rotatable bonds is 7. The molecule has 4 aromatic rings. The predicted molar refractivity (Wildman–Crippen MR) is 157 cm³/mol. The van der Waals surface area contributed by atoms with Gasteiger partial charge in [-0.15, -0.1) is 0 Å². The fraction of sp³-hybridized carbons (Fsp3) is 0.567. The Bertz CT molecular complexity index is 1600. The fourth-order valence-electron chi connectivity index (χ4n) is 7.09. The number of aromatic nitrogens is 6. The Balaban J connectivity index is 1.40. The molecule has 11 heteroatoms. The van der Waals surface area contributed by atoms with E-state index in [1.807, 2.05) is 24.3 Å². The number of fused-ring (bicyclic) bond motifs is 1. The molecule has 3 aromatic heterocycles. The molecule has 4 heterocycles. The van der Waals surface area contributed by atoms with Gasteiger partial charge in [0.2, 0.25) is 17.6 Å². The number of benzene rings is 1. The maximum Gasteiger partial charge on any atom is 0.439 e. The van der Waals surface area contributed by atoms with E-state index in [-0.39, 0.29) is 17.2 Å². The number of H-pyrrole nitrogens is 1. The molecule has 7 rings (SSSR count). The summed E-state index contributed by atoms with van der Waals surface area (Å²) in [6.45, 7) is 5.32. The van der Waals surface area contributed by atoms with Gasteiger partial charge in [-0.2, -0.15) is 4.98 Å². The second-order valence-electron chi connectivity index (χ2n) is 12.0. The van der Waals surface area contributed by atoms with Crippen LogP contribution in [0, 0.1) is 11.8 Å². The van der Waals surface area contributed by atoms with Gasteiger partial charge < -0.3 is 14.2 Å². The van der Waals surface area contributed by atoms with Crippen LogP contribution in [0.3, 0.4) is 0 Å². The summed E-state index contributed by atoms with van der Waals surface area (Å²) < 4.78 is 13.1. The fourth-order valence-corrected chi connectivity index (χ4v) is 7.28. The van der Waals surface area contributed by atoms with Crippen molar-refractivity contribution >= 4 is 28.7 Å². The lowest BCUT2D eigenvalue weighted by Crippen LogP contribution is -2.62. The summed E-state index contributed by atoms with van der Waals surface area (Å²) in [6.07, 6.45) is 10.9. The summed E-state index contributed by atoms with van der Waals surface area (Å²) in [6, 6.07) is 7.68. The minimum absolute atomic E-state index is 0.0278. The summed E-state index contributed by atoms with van der Waals surface area (Å²) in [5.41, 5.74) is 3.00. The lowest BCUT2D eigenvalue weighted by Gasteiger charge is -2.53. The first kappa shape index (κ1) is 26.6. The van der Waals surface area contributed by atoms with E-state index in [0.29, 0.717) is 28.9 Å². The van der Waals surface area contributed by atoms with Gasteiger partial charge in [0.05, 0.1) is 18.8 Å². The van der Waals surface area contributed by atoms with Gasteiger partial charge in [-0.25, -0.2) is 14.8 Å². The van der Waals surface area contributed by atoms with Crippen LogP contribution in [0.1, 0.15) is 64.7 Å². The van der Waals surface area contributed by atoms with E-state index in [0.717, 1.165) is 55.5 Å². The van der Waals surface area contributed by atoms with Crippen molar-refractivity contribution in [3.8, 4) is 22.9 Å². The maximum absolute atomic E-state index is 11.8. The number of aromatic amines is 1. The molecule has 0 amide bonds. The first-order valence-corrected chi connectivity index (χ1v) is 15.4. The Kier molecular flexibility index (Phi) is 7.06. The first-order chi connectivity index (χ1) is 20.0. The van der Waals surface area contributed by atoms with Gasteiger partial charge in [0.15, 0.2) is 5.65 Å². The van der Waals surface area contributed by atoms with Gasteiger partial charge in [-0.3, -0.25) is 9.51 Å². The third-order valence-corrected chi connectivity index (χ3v) is 9.60. The number of hydrogen-bond acceptors (Lipinski definition) is 8. The largest absolute Gasteiger partial charge is 0.439 e. The number of ether oxygens (including phenoxy) is 1. The molecular formula is C30H36ClN7O3. The minimum Gasteiger partial charge on any atom is -0.377 e. The van der Waals surface area contributed by atoms with Gasteiger partial charge in [-0.05, 0) is 56.1 Å². The summed E-state index contributed by atoms with van der Waals surface area (Å²) in [7, 11) is 0. The van der Waals surface area contributed by atoms with Crippen molar-refractivity contribution in [2.24, 2.45) is 11.8 Å². The third-order valence-electron chi connectivity index (χ3n) is 9.37. The second kappa shape index (κ2) is 10.9. The number of imidazole rings is 1. The van der Waals surface area contributed by atoms with Crippen molar-refractivity contribution in [1.82, 2.24) is 29.7 Å². The number of nitrogens with one attached hydrogen (secondary N) is 1. The number of anilines is 1.